The minimum Gasteiger partial charge on any atom is -0.350 e. The highest BCUT2D eigenvalue weighted by atomic mass is 32.2. The second kappa shape index (κ2) is 9.94. The third kappa shape index (κ3) is 6.72. The fourth-order valence-corrected chi connectivity index (χ4v) is 4.51. The number of sulfonamides is 1. The van der Waals surface area contributed by atoms with Crippen LogP contribution in [0.4, 0.5) is 18.9 Å². The number of halogens is 3. The minimum atomic E-state index is -4.58. The average molecular weight is 471 g/mol. The number of carbonyl (C=O) groups is 1. The first-order valence-corrected chi connectivity index (χ1v) is 12.1. The maximum Gasteiger partial charge on any atom is 0.416 e. The highest BCUT2D eigenvalue weighted by molar-refractivity contribution is 7.92. The van der Waals surface area contributed by atoms with Crippen molar-refractivity contribution in [2.75, 3.05) is 17.1 Å². The summed E-state index contributed by atoms with van der Waals surface area (Å²) in [5, 5.41) is 2.91. The SMILES string of the molecule is Cc1cc(C)c([C@H](C)NC(=O)CCCN(c2cccc(C(F)(F)F)c2)S(C)(=O)=O)cc1C. The number of hydrogen-bond acceptors (Lipinski definition) is 3. The van der Waals surface area contributed by atoms with E-state index in [2.05, 4.69) is 11.4 Å². The Bertz CT molecular complexity index is 1080. The molecule has 1 N–H and O–H groups in total. The van der Waals surface area contributed by atoms with Crippen LogP contribution in [0.1, 0.15) is 53.6 Å². The van der Waals surface area contributed by atoms with E-state index in [-0.39, 0.29) is 37.0 Å². The number of carbonyl (C=O) groups excluding carboxylic acids is 1. The van der Waals surface area contributed by atoms with Crippen molar-refractivity contribution in [2.45, 2.75) is 52.8 Å². The predicted octanol–water partition coefficient (Wildman–Crippen LogP) is 5.05. The van der Waals surface area contributed by atoms with Gasteiger partial charge in [-0.2, -0.15) is 13.2 Å². The van der Waals surface area contributed by atoms with Crippen LogP contribution in [0.25, 0.3) is 0 Å². The lowest BCUT2D eigenvalue weighted by Crippen LogP contribution is -2.33. The molecule has 9 heteroatoms. The number of benzene rings is 2. The molecule has 0 fully saturated rings. The van der Waals surface area contributed by atoms with Crippen LogP contribution in [0.3, 0.4) is 0 Å². The van der Waals surface area contributed by atoms with E-state index in [4.69, 9.17) is 0 Å². The van der Waals surface area contributed by atoms with Gasteiger partial charge in [0.25, 0.3) is 0 Å². The van der Waals surface area contributed by atoms with Crippen LogP contribution in [0.15, 0.2) is 36.4 Å². The number of nitrogens with one attached hydrogen (secondary N) is 1. The molecule has 2 aromatic carbocycles. The van der Waals surface area contributed by atoms with Gasteiger partial charge in [0.05, 0.1) is 23.5 Å². The van der Waals surface area contributed by atoms with Gasteiger partial charge in [-0.1, -0.05) is 18.2 Å². The topological polar surface area (TPSA) is 66.5 Å². The van der Waals surface area contributed by atoms with Crippen LogP contribution in [-0.4, -0.2) is 27.1 Å². The standard InChI is InChI=1S/C23H29F3N2O3S/c1-15-12-17(3)21(13-16(15)2)18(4)27-22(29)10-7-11-28(32(5,30)31)20-9-6-8-19(14-20)23(24,25)26/h6,8-9,12-14,18H,7,10-11H2,1-5H3,(H,27,29)/t18-/m0/s1. The zero-order valence-corrected chi connectivity index (χ0v) is 19.7. The first-order valence-electron chi connectivity index (χ1n) is 10.2. The lowest BCUT2D eigenvalue weighted by atomic mass is 9.96. The summed E-state index contributed by atoms with van der Waals surface area (Å²) in [4.78, 5) is 12.4. The Kier molecular flexibility index (Phi) is 7.98. The normalized spacial score (nSPS) is 13.0. The van der Waals surface area contributed by atoms with Crippen molar-refractivity contribution < 1.29 is 26.4 Å². The molecular formula is C23H29F3N2O3S. The lowest BCUT2D eigenvalue weighted by Gasteiger charge is -2.23. The molecule has 0 radical (unpaired) electrons. The Hall–Kier alpha value is -2.55. The van der Waals surface area contributed by atoms with Gasteiger partial charge in [-0.25, -0.2) is 8.42 Å². The van der Waals surface area contributed by atoms with Gasteiger partial charge in [0, 0.05) is 13.0 Å². The maximum absolute atomic E-state index is 13.0. The molecule has 0 saturated heterocycles. The average Bonchev–Trinajstić information content (AvgIpc) is 2.66. The molecular weight excluding hydrogens is 441 g/mol. The largest absolute Gasteiger partial charge is 0.416 e. The minimum absolute atomic E-state index is 0.0409. The summed E-state index contributed by atoms with van der Waals surface area (Å²) in [6, 6.07) is 8.02. The van der Waals surface area contributed by atoms with Crippen LogP contribution in [-0.2, 0) is 21.0 Å². The van der Waals surface area contributed by atoms with E-state index in [1.807, 2.05) is 33.8 Å². The zero-order valence-electron chi connectivity index (χ0n) is 18.9. The Morgan fingerprint density at radius 1 is 1.06 bits per heavy atom. The summed E-state index contributed by atoms with van der Waals surface area (Å²) in [6.07, 6.45) is -3.45. The van der Waals surface area contributed by atoms with E-state index in [1.54, 1.807) is 0 Å². The van der Waals surface area contributed by atoms with E-state index in [0.29, 0.717) is 0 Å². The van der Waals surface area contributed by atoms with Gasteiger partial charge in [0.15, 0.2) is 0 Å². The number of nitrogens with zero attached hydrogens (tertiary/aromatic N) is 1. The lowest BCUT2D eigenvalue weighted by molar-refractivity contribution is -0.137. The Morgan fingerprint density at radius 2 is 1.69 bits per heavy atom. The smallest absolute Gasteiger partial charge is 0.350 e. The first-order chi connectivity index (χ1) is 14.7. The summed E-state index contributed by atoms with van der Waals surface area (Å²) < 4.78 is 64.2. The fraction of sp³-hybridized carbons (Fsp3) is 0.435. The van der Waals surface area contributed by atoms with Gasteiger partial charge in [-0.15, -0.1) is 0 Å². The van der Waals surface area contributed by atoms with E-state index < -0.39 is 21.8 Å². The summed E-state index contributed by atoms with van der Waals surface area (Å²) >= 11 is 0. The quantitative estimate of drug-likeness (QED) is 0.587. The van der Waals surface area contributed by atoms with Gasteiger partial charge < -0.3 is 5.32 Å². The Balaban J connectivity index is 2.05. The molecule has 176 valence electrons. The van der Waals surface area contributed by atoms with Crippen LogP contribution < -0.4 is 9.62 Å². The van der Waals surface area contributed by atoms with E-state index in [1.165, 1.54) is 11.6 Å². The summed E-state index contributed by atoms with van der Waals surface area (Å²) in [5.41, 5.74) is 3.34. The van der Waals surface area contributed by atoms with Crippen LogP contribution >= 0.6 is 0 Å². The second-order valence-electron chi connectivity index (χ2n) is 8.07. The highest BCUT2D eigenvalue weighted by Crippen LogP contribution is 2.32. The molecule has 0 bridgehead atoms. The van der Waals surface area contributed by atoms with Crippen molar-refractivity contribution in [3.8, 4) is 0 Å². The van der Waals surface area contributed by atoms with Crippen LogP contribution in [0, 0.1) is 20.8 Å². The molecule has 0 unspecified atom stereocenters. The van der Waals surface area contributed by atoms with Gasteiger partial charge in [-0.05, 0) is 74.6 Å². The fourth-order valence-electron chi connectivity index (χ4n) is 3.55. The number of anilines is 1. The monoisotopic (exact) mass is 470 g/mol. The molecule has 32 heavy (non-hydrogen) atoms. The maximum atomic E-state index is 13.0. The van der Waals surface area contributed by atoms with Gasteiger partial charge >= 0.3 is 6.18 Å². The van der Waals surface area contributed by atoms with E-state index in [9.17, 15) is 26.4 Å². The first kappa shape index (κ1) is 25.7. The third-order valence-electron chi connectivity index (χ3n) is 5.35. The third-order valence-corrected chi connectivity index (χ3v) is 6.55. The van der Waals surface area contributed by atoms with Crippen molar-refractivity contribution >= 4 is 21.6 Å². The predicted molar refractivity (Wildman–Crippen MR) is 120 cm³/mol. The van der Waals surface area contributed by atoms with Crippen LogP contribution in [0.2, 0.25) is 0 Å². The molecule has 1 amide bonds. The van der Waals surface area contributed by atoms with Crippen molar-refractivity contribution in [3.05, 3.63) is 64.2 Å². The molecule has 0 aliphatic carbocycles. The van der Waals surface area contributed by atoms with E-state index >= 15 is 0 Å². The summed E-state index contributed by atoms with van der Waals surface area (Å²) in [6.45, 7) is 7.77. The number of rotatable bonds is 8. The molecule has 2 aromatic rings. The summed E-state index contributed by atoms with van der Waals surface area (Å²) in [5.74, 6) is -0.257. The van der Waals surface area contributed by atoms with Crippen LogP contribution in [0.5, 0.6) is 0 Å². The number of aryl methyl sites for hydroxylation is 3. The molecule has 0 saturated carbocycles. The van der Waals surface area contributed by atoms with Crippen molar-refractivity contribution in [2.24, 2.45) is 0 Å². The van der Waals surface area contributed by atoms with Crippen molar-refractivity contribution in [1.29, 1.82) is 0 Å². The van der Waals surface area contributed by atoms with Gasteiger partial charge in [-0.3, -0.25) is 9.10 Å². The molecule has 0 aromatic heterocycles. The second-order valence-corrected chi connectivity index (χ2v) is 9.98. The van der Waals surface area contributed by atoms with Crippen molar-refractivity contribution in [1.82, 2.24) is 5.32 Å². The molecule has 0 aliphatic heterocycles. The number of amides is 1. The summed E-state index contributed by atoms with van der Waals surface area (Å²) in [7, 11) is -3.82. The number of alkyl halides is 3. The Labute approximate surface area is 187 Å². The van der Waals surface area contributed by atoms with Crippen molar-refractivity contribution in [3.63, 3.8) is 0 Å². The molecule has 5 nitrogen and oxygen atoms in total. The molecule has 0 heterocycles. The van der Waals surface area contributed by atoms with Gasteiger partial charge in [0.1, 0.15) is 0 Å². The zero-order chi connectivity index (χ0) is 24.3. The Morgan fingerprint density at radius 3 is 2.28 bits per heavy atom. The molecule has 0 aliphatic rings. The molecule has 2 rings (SSSR count). The molecule has 1 atom stereocenters. The van der Waals surface area contributed by atoms with E-state index in [0.717, 1.165) is 45.5 Å². The molecule has 0 spiro atoms. The highest BCUT2D eigenvalue weighted by Gasteiger charge is 2.31. The van der Waals surface area contributed by atoms with Gasteiger partial charge in [0.2, 0.25) is 15.9 Å². The number of hydrogen-bond donors (Lipinski definition) is 1.